The molecule has 0 aliphatic heterocycles. The lowest BCUT2D eigenvalue weighted by Crippen LogP contribution is -2.48. The third kappa shape index (κ3) is 2.78. The average Bonchev–Trinajstić information content (AvgIpc) is 2.81. The highest BCUT2D eigenvalue weighted by Gasteiger charge is 2.33. The van der Waals surface area contributed by atoms with Crippen LogP contribution in [0.15, 0.2) is 18.5 Å². The van der Waals surface area contributed by atoms with Gasteiger partial charge in [0.2, 0.25) is 0 Å². The second-order valence-electron chi connectivity index (χ2n) is 6.02. The Morgan fingerprint density at radius 1 is 1.43 bits per heavy atom. The first kappa shape index (κ1) is 15.5. The molecule has 114 valence electrons. The highest BCUT2D eigenvalue weighted by Crippen LogP contribution is 2.26. The van der Waals surface area contributed by atoms with E-state index in [4.69, 9.17) is 0 Å². The number of carboxylic acid groups (broad SMARTS) is 1. The summed E-state index contributed by atoms with van der Waals surface area (Å²) in [6.45, 7) is 7.88. The molecular weight excluding hydrogens is 266 g/mol. The highest BCUT2D eigenvalue weighted by molar-refractivity contribution is 5.79. The number of imidazole rings is 1. The van der Waals surface area contributed by atoms with Crippen molar-refractivity contribution in [1.82, 2.24) is 14.9 Å². The van der Waals surface area contributed by atoms with Crippen molar-refractivity contribution in [1.29, 1.82) is 0 Å². The van der Waals surface area contributed by atoms with Gasteiger partial charge in [0.15, 0.2) is 0 Å². The lowest BCUT2D eigenvalue weighted by Gasteiger charge is -2.28. The van der Waals surface area contributed by atoms with E-state index in [0.29, 0.717) is 6.42 Å². The number of aryl methyl sites for hydroxylation is 2. The molecule has 0 spiro atoms. The van der Waals surface area contributed by atoms with Gasteiger partial charge in [-0.2, -0.15) is 0 Å². The molecule has 0 saturated carbocycles. The molecule has 0 saturated heterocycles. The van der Waals surface area contributed by atoms with Gasteiger partial charge in [-0.1, -0.05) is 0 Å². The molecule has 5 nitrogen and oxygen atoms in total. The van der Waals surface area contributed by atoms with Crippen molar-refractivity contribution in [2.24, 2.45) is 0 Å². The molecule has 1 aromatic carbocycles. The highest BCUT2D eigenvalue weighted by atomic mass is 16.4. The molecule has 2 rings (SSSR count). The van der Waals surface area contributed by atoms with E-state index in [0.717, 1.165) is 11.0 Å². The van der Waals surface area contributed by atoms with Crippen LogP contribution in [0, 0.1) is 13.8 Å². The van der Waals surface area contributed by atoms with Crippen LogP contribution in [0.2, 0.25) is 0 Å². The van der Waals surface area contributed by atoms with Gasteiger partial charge < -0.3 is 15.0 Å². The van der Waals surface area contributed by atoms with Crippen LogP contribution in [0.4, 0.5) is 0 Å². The van der Waals surface area contributed by atoms with Crippen molar-refractivity contribution >= 4 is 17.0 Å². The molecule has 2 atom stereocenters. The predicted octanol–water partition coefficient (Wildman–Crippen LogP) is 2.67. The van der Waals surface area contributed by atoms with E-state index in [9.17, 15) is 9.90 Å². The Balaban J connectivity index is 2.38. The zero-order valence-electron chi connectivity index (χ0n) is 13.3. The summed E-state index contributed by atoms with van der Waals surface area (Å²) in [5, 5.41) is 12.3. The van der Waals surface area contributed by atoms with Gasteiger partial charge in [0, 0.05) is 6.04 Å². The Bertz CT molecular complexity index is 677. The van der Waals surface area contributed by atoms with Crippen LogP contribution in [0.1, 0.15) is 37.4 Å². The summed E-state index contributed by atoms with van der Waals surface area (Å²) >= 11 is 0. The predicted molar refractivity (Wildman–Crippen MR) is 83.6 cm³/mol. The second-order valence-corrected chi connectivity index (χ2v) is 6.02. The van der Waals surface area contributed by atoms with Crippen molar-refractivity contribution in [3.63, 3.8) is 0 Å². The van der Waals surface area contributed by atoms with Crippen LogP contribution in [0.25, 0.3) is 11.0 Å². The molecule has 5 heteroatoms. The standard InChI is InChI=1S/C16H23N3O2/c1-10-6-13-14(7-11(10)2)19(9-18-13)12(3)8-16(4,17-5)15(20)21/h6-7,9,12,17H,8H2,1-5H3,(H,20,21). The van der Waals surface area contributed by atoms with Gasteiger partial charge in [-0.3, -0.25) is 4.79 Å². The van der Waals surface area contributed by atoms with Gasteiger partial charge in [0.1, 0.15) is 5.54 Å². The molecule has 0 aliphatic rings. The molecule has 1 aromatic heterocycles. The summed E-state index contributed by atoms with van der Waals surface area (Å²) in [6.07, 6.45) is 2.28. The summed E-state index contributed by atoms with van der Waals surface area (Å²) in [5.74, 6) is -0.840. The van der Waals surface area contributed by atoms with E-state index in [2.05, 4.69) is 40.8 Å². The number of nitrogens with zero attached hydrogens (tertiary/aromatic N) is 2. The topological polar surface area (TPSA) is 67.2 Å². The molecule has 0 fully saturated rings. The Labute approximate surface area is 125 Å². The second kappa shape index (κ2) is 5.48. The van der Waals surface area contributed by atoms with Crippen LogP contribution >= 0.6 is 0 Å². The van der Waals surface area contributed by atoms with E-state index in [1.807, 2.05) is 6.92 Å². The number of benzene rings is 1. The van der Waals surface area contributed by atoms with Crippen LogP contribution in [0.5, 0.6) is 0 Å². The van der Waals surface area contributed by atoms with E-state index in [1.54, 1.807) is 20.3 Å². The fourth-order valence-electron chi connectivity index (χ4n) is 2.62. The molecule has 21 heavy (non-hydrogen) atoms. The average molecular weight is 289 g/mol. The number of nitrogens with one attached hydrogen (secondary N) is 1. The van der Waals surface area contributed by atoms with E-state index in [1.165, 1.54) is 11.1 Å². The molecule has 0 aliphatic carbocycles. The molecule has 1 heterocycles. The van der Waals surface area contributed by atoms with Crippen molar-refractivity contribution in [2.45, 2.75) is 45.7 Å². The fraction of sp³-hybridized carbons (Fsp3) is 0.500. The van der Waals surface area contributed by atoms with Crippen LogP contribution in [-0.2, 0) is 4.79 Å². The summed E-state index contributed by atoms with van der Waals surface area (Å²) in [4.78, 5) is 15.9. The number of carboxylic acids is 1. The SMILES string of the molecule is CNC(C)(CC(C)n1cnc2cc(C)c(C)cc21)C(=O)O. The molecule has 0 bridgehead atoms. The number of hydrogen-bond acceptors (Lipinski definition) is 3. The number of fused-ring (bicyclic) bond motifs is 1. The summed E-state index contributed by atoms with van der Waals surface area (Å²) in [6, 6.07) is 4.22. The third-order valence-electron chi connectivity index (χ3n) is 4.39. The van der Waals surface area contributed by atoms with Gasteiger partial charge in [0.25, 0.3) is 0 Å². The quantitative estimate of drug-likeness (QED) is 0.888. The molecule has 2 N–H and O–H groups in total. The Morgan fingerprint density at radius 3 is 2.62 bits per heavy atom. The van der Waals surface area contributed by atoms with Crippen LogP contribution in [-0.4, -0.2) is 33.2 Å². The lowest BCUT2D eigenvalue weighted by molar-refractivity contribution is -0.144. The van der Waals surface area contributed by atoms with Gasteiger partial charge >= 0.3 is 5.97 Å². The molecule has 2 aromatic rings. The number of carbonyl (C=O) groups is 1. The van der Waals surface area contributed by atoms with Gasteiger partial charge in [-0.05, 0) is 64.4 Å². The Hall–Kier alpha value is -1.88. The van der Waals surface area contributed by atoms with Crippen molar-refractivity contribution in [3.05, 3.63) is 29.6 Å². The van der Waals surface area contributed by atoms with E-state index in [-0.39, 0.29) is 6.04 Å². The first-order chi connectivity index (χ1) is 9.78. The molecule has 0 amide bonds. The number of hydrogen-bond donors (Lipinski definition) is 2. The lowest BCUT2D eigenvalue weighted by atomic mass is 9.93. The van der Waals surface area contributed by atoms with Crippen LogP contribution in [0.3, 0.4) is 0 Å². The Kier molecular flexibility index (Phi) is 4.05. The minimum atomic E-state index is -0.949. The first-order valence-corrected chi connectivity index (χ1v) is 7.14. The zero-order valence-corrected chi connectivity index (χ0v) is 13.3. The molecule has 2 unspecified atom stereocenters. The fourth-order valence-corrected chi connectivity index (χ4v) is 2.62. The summed E-state index contributed by atoms with van der Waals surface area (Å²) in [7, 11) is 1.68. The van der Waals surface area contributed by atoms with Gasteiger partial charge in [-0.25, -0.2) is 4.98 Å². The zero-order chi connectivity index (χ0) is 15.8. The molecular formula is C16H23N3O2. The number of rotatable bonds is 5. The monoisotopic (exact) mass is 289 g/mol. The number of aliphatic carboxylic acids is 1. The number of likely N-dealkylation sites (N-methyl/N-ethyl adjacent to an activating group) is 1. The van der Waals surface area contributed by atoms with E-state index >= 15 is 0 Å². The third-order valence-corrected chi connectivity index (χ3v) is 4.39. The summed E-state index contributed by atoms with van der Waals surface area (Å²) < 4.78 is 2.06. The number of aromatic nitrogens is 2. The van der Waals surface area contributed by atoms with Crippen molar-refractivity contribution < 1.29 is 9.90 Å². The minimum Gasteiger partial charge on any atom is -0.480 e. The van der Waals surface area contributed by atoms with Crippen molar-refractivity contribution in [2.75, 3.05) is 7.05 Å². The normalized spacial score (nSPS) is 15.9. The molecule has 0 radical (unpaired) electrons. The van der Waals surface area contributed by atoms with Gasteiger partial charge in [-0.15, -0.1) is 0 Å². The van der Waals surface area contributed by atoms with E-state index < -0.39 is 11.5 Å². The Morgan fingerprint density at radius 2 is 2.05 bits per heavy atom. The minimum absolute atomic E-state index is 0.0330. The van der Waals surface area contributed by atoms with Gasteiger partial charge in [0.05, 0.1) is 17.4 Å². The van der Waals surface area contributed by atoms with Crippen molar-refractivity contribution in [3.8, 4) is 0 Å². The summed E-state index contributed by atoms with van der Waals surface area (Å²) in [5.41, 5.74) is 3.48. The smallest absolute Gasteiger partial charge is 0.323 e. The maximum Gasteiger partial charge on any atom is 0.323 e. The van der Waals surface area contributed by atoms with Crippen LogP contribution < -0.4 is 5.32 Å². The largest absolute Gasteiger partial charge is 0.480 e. The maximum atomic E-state index is 11.4. The maximum absolute atomic E-state index is 11.4. The first-order valence-electron chi connectivity index (χ1n) is 7.14.